The largest absolute Gasteiger partial charge is 0.261 e. The summed E-state index contributed by atoms with van der Waals surface area (Å²) >= 11 is 0. The average molecular weight is 317 g/mol. The van der Waals surface area contributed by atoms with Gasteiger partial charge >= 0.3 is 0 Å². The van der Waals surface area contributed by atoms with Crippen LogP contribution in [0.5, 0.6) is 0 Å². The average Bonchev–Trinajstić information content (AvgIpc) is 2.63. The van der Waals surface area contributed by atoms with Crippen molar-refractivity contribution in [1.29, 1.82) is 0 Å². The van der Waals surface area contributed by atoms with Gasteiger partial charge in [0.05, 0.1) is 5.69 Å². The van der Waals surface area contributed by atoms with Crippen LogP contribution in [0.25, 0.3) is 0 Å². The molecule has 0 aliphatic carbocycles. The lowest BCUT2D eigenvalue weighted by atomic mass is 10.3. The fraction of sp³-hybridized carbons (Fsp3) is 0.0952. The van der Waals surface area contributed by atoms with Crippen molar-refractivity contribution in [3.8, 4) is 0 Å². The third-order valence-corrected chi connectivity index (χ3v) is 6.05. The zero-order valence-electron chi connectivity index (χ0n) is 13.3. The van der Waals surface area contributed by atoms with E-state index in [1.807, 2.05) is 6.21 Å². The Labute approximate surface area is 139 Å². The van der Waals surface area contributed by atoms with E-state index in [1.165, 1.54) is 15.9 Å². The maximum Gasteiger partial charge on any atom is 0.0709 e. The Morgan fingerprint density at radius 2 is 1.26 bits per heavy atom. The normalized spacial score (nSPS) is 11.2. The Bertz CT molecular complexity index is 727. The summed E-state index contributed by atoms with van der Waals surface area (Å²) in [6.07, 6.45) is 2.94. The monoisotopic (exact) mass is 317 g/mol. The van der Waals surface area contributed by atoms with Crippen molar-refractivity contribution in [2.24, 2.45) is 4.99 Å². The summed E-state index contributed by atoms with van der Waals surface area (Å²) in [5, 5.41) is 4.02. The molecular formula is C21H20NP. The van der Waals surface area contributed by atoms with E-state index in [1.54, 1.807) is 0 Å². The standard InChI is InChI=1S/C21H20NP/c1-2-17-22-20-15-9-10-16-21(20)23(18-11-5-3-6-12-18)19-13-7-4-8-14-19/h3-17H,2H2,1H3. The summed E-state index contributed by atoms with van der Waals surface area (Å²) in [6, 6.07) is 30.0. The lowest BCUT2D eigenvalue weighted by Crippen LogP contribution is -2.20. The van der Waals surface area contributed by atoms with Gasteiger partial charge in [0.1, 0.15) is 0 Å². The van der Waals surface area contributed by atoms with Gasteiger partial charge in [-0.2, -0.15) is 0 Å². The predicted octanol–water partition coefficient (Wildman–Crippen LogP) is 4.56. The van der Waals surface area contributed by atoms with Gasteiger partial charge in [0.25, 0.3) is 0 Å². The highest BCUT2D eigenvalue weighted by Crippen LogP contribution is 2.36. The Kier molecular flexibility index (Phi) is 5.34. The van der Waals surface area contributed by atoms with Crippen molar-refractivity contribution in [2.45, 2.75) is 13.3 Å². The van der Waals surface area contributed by atoms with Gasteiger partial charge in [0.15, 0.2) is 0 Å². The van der Waals surface area contributed by atoms with Crippen LogP contribution >= 0.6 is 7.92 Å². The summed E-state index contributed by atoms with van der Waals surface area (Å²) in [7, 11) is -0.597. The first kappa shape index (κ1) is 15.6. The SMILES string of the molecule is CCC=Nc1ccccc1P(c1ccccc1)c1ccccc1. The lowest BCUT2D eigenvalue weighted by Gasteiger charge is -2.20. The molecule has 0 amide bonds. The highest BCUT2D eigenvalue weighted by atomic mass is 31.1. The topological polar surface area (TPSA) is 12.4 Å². The minimum absolute atomic E-state index is 0.597. The zero-order chi connectivity index (χ0) is 15.9. The van der Waals surface area contributed by atoms with E-state index in [-0.39, 0.29) is 0 Å². The van der Waals surface area contributed by atoms with Crippen molar-refractivity contribution in [3.63, 3.8) is 0 Å². The highest BCUT2D eigenvalue weighted by molar-refractivity contribution is 7.80. The van der Waals surface area contributed by atoms with Crippen LogP contribution in [0.2, 0.25) is 0 Å². The van der Waals surface area contributed by atoms with Gasteiger partial charge in [0.2, 0.25) is 0 Å². The number of aliphatic imine (C=N–C) groups is 1. The molecule has 0 bridgehead atoms. The smallest absolute Gasteiger partial charge is 0.0709 e. The van der Waals surface area contributed by atoms with E-state index in [0.29, 0.717) is 0 Å². The Hall–Kier alpha value is -2.24. The molecule has 114 valence electrons. The van der Waals surface area contributed by atoms with Crippen LogP contribution in [-0.2, 0) is 0 Å². The van der Waals surface area contributed by atoms with Crippen LogP contribution in [-0.4, -0.2) is 6.21 Å². The van der Waals surface area contributed by atoms with E-state index in [0.717, 1.165) is 12.1 Å². The fourth-order valence-corrected chi connectivity index (χ4v) is 4.92. The van der Waals surface area contributed by atoms with Crippen LogP contribution in [0, 0.1) is 0 Å². The molecule has 0 heterocycles. The molecule has 0 N–H and O–H groups in total. The van der Waals surface area contributed by atoms with E-state index in [4.69, 9.17) is 0 Å². The minimum atomic E-state index is -0.597. The maximum atomic E-state index is 4.69. The number of hydrogen-bond acceptors (Lipinski definition) is 1. The van der Waals surface area contributed by atoms with Gasteiger partial charge in [0, 0.05) is 11.5 Å². The minimum Gasteiger partial charge on any atom is -0.261 e. The molecular weight excluding hydrogens is 297 g/mol. The number of nitrogens with zero attached hydrogens (tertiary/aromatic N) is 1. The molecule has 0 saturated heterocycles. The van der Waals surface area contributed by atoms with Crippen molar-refractivity contribution in [3.05, 3.63) is 84.9 Å². The summed E-state index contributed by atoms with van der Waals surface area (Å²) in [5.41, 5.74) is 1.08. The molecule has 0 unspecified atom stereocenters. The van der Waals surface area contributed by atoms with Crippen molar-refractivity contribution < 1.29 is 0 Å². The molecule has 0 saturated carbocycles. The van der Waals surface area contributed by atoms with Crippen molar-refractivity contribution in [1.82, 2.24) is 0 Å². The second kappa shape index (κ2) is 7.85. The first-order valence-electron chi connectivity index (χ1n) is 7.92. The summed E-state index contributed by atoms with van der Waals surface area (Å²) in [5.74, 6) is 0. The molecule has 0 atom stereocenters. The van der Waals surface area contributed by atoms with Gasteiger partial charge in [-0.15, -0.1) is 0 Å². The third kappa shape index (κ3) is 3.75. The molecule has 2 heteroatoms. The van der Waals surface area contributed by atoms with Crippen molar-refractivity contribution in [2.75, 3.05) is 0 Å². The summed E-state index contributed by atoms with van der Waals surface area (Å²) in [4.78, 5) is 4.69. The maximum absolute atomic E-state index is 4.69. The van der Waals surface area contributed by atoms with Crippen LogP contribution < -0.4 is 15.9 Å². The van der Waals surface area contributed by atoms with Gasteiger partial charge in [-0.3, -0.25) is 4.99 Å². The molecule has 0 spiro atoms. The zero-order valence-corrected chi connectivity index (χ0v) is 14.2. The number of hydrogen-bond donors (Lipinski definition) is 0. The Morgan fingerprint density at radius 1 is 0.739 bits per heavy atom. The Morgan fingerprint density at radius 3 is 1.83 bits per heavy atom. The van der Waals surface area contributed by atoms with E-state index >= 15 is 0 Å². The van der Waals surface area contributed by atoms with E-state index in [9.17, 15) is 0 Å². The molecule has 3 rings (SSSR count). The van der Waals surface area contributed by atoms with Crippen LogP contribution in [0.3, 0.4) is 0 Å². The first-order valence-corrected chi connectivity index (χ1v) is 9.26. The number of benzene rings is 3. The molecule has 1 nitrogen and oxygen atoms in total. The van der Waals surface area contributed by atoms with Gasteiger partial charge in [-0.25, -0.2) is 0 Å². The Balaban J connectivity index is 2.16. The second-order valence-corrected chi connectivity index (χ2v) is 7.40. The molecule has 23 heavy (non-hydrogen) atoms. The lowest BCUT2D eigenvalue weighted by molar-refractivity contribution is 1.31. The van der Waals surface area contributed by atoms with E-state index in [2.05, 4.69) is 96.8 Å². The number of rotatable bonds is 5. The van der Waals surface area contributed by atoms with Crippen LogP contribution in [0.1, 0.15) is 13.3 Å². The molecule has 0 aliphatic heterocycles. The predicted molar refractivity (Wildman–Crippen MR) is 104 cm³/mol. The van der Waals surface area contributed by atoms with Crippen molar-refractivity contribution >= 4 is 35.7 Å². The fourth-order valence-electron chi connectivity index (χ4n) is 2.53. The van der Waals surface area contributed by atoms with Crippen LogP contribution in [0.4, 0.5) is 5.69 Å². The first-order chi connectivity index (χ1) is 11.4. The molecule has 0 fully saturated rings. The second-order valence-electron chi connectivity index (χ2n) is 5.22. The van der Waals surface area contributed by atoms with Gasteiger partial charge < -0.3 is 0 Å². The summed E-state index contributed by atoms with van der Waals surface area (Å²) < 4.78 is 0. The number of para-hydroxylation sites is 1. The van der Waals surface area contributed by atoms with Gasteiger partial charge in [-0.1, -0.05) is 85.8 Å². The molecule has 3 aromatic carbocycles. The molecule has 0 aromatic heterocycles. The third-order valence-electron chi connectivity index (χ3n) is 3.56. The van der Waals surface area contributed by atoms with E-state index < -0.39 is 7.92 Å². The molecule has 3 aromatic rings. The molecule has 0 aliphatic rings. The summed E-state index contributed by atoms with van der Waals surface area (Å²) in [6.45, 7) is 2.11. The quantitative estimate of drug-likeness (QED) is 0.483. The van der Waals surface area contributed by atoms with Gasteiger partial charge in [-0.05, 0) is 31.0 Å². The highest BCUT2D eigenvalue weighted by Gasteiger charge is 2.18. The van der Waals surface area contributed by atoms with Crippen LogP contribution in [0.15, 0.2) is 89.9 Å². The molecule has 0 radical (unpaired) electrons.